The van der Waals surface area contributed by atoms with Crippen LogP contribution in [0.3, 0.4) is 0 Å². The molecule has 1 aliphatic carbocycles. The summed E-state index contributed by atoms with van der Waals surface area (Å²) in [6, 6.07) is 0.509. The number of thioether (sulfide) groups is 1. The van der Waals surface area contributed by atoms with Gasteiger partial charge in [0.25, 0.3) is 0 Å². The first-order valence-corrected chi connectivity index (χ1v) is 8.18. The van der Waals surface area contributed by atoms with E-state index in [2.05, 4.69) is 9.88 Å². The molecule has 0 amide bonds. The first-order chi connectivity index (χ1) is 8.66. The molecule has 0 aromatic carbocycles. The lowest BCUT2D eigenvalue weighted by molar-refractivity contribution is 0.0700. The van der Waals surface area contributed by atoms with Crippen molar-refractivity contribution in [3.8, 4) is 0 Å². The molecule has 3 rings (SSSR count). The summed E-state index contributed by atoms with van der Waals surface area (Å²) in [4.78, 5) is 18.5. The summed E-state index contributed by atoms with van der Waals surface area (Å²) in [5.74, 6) is 1.89. The van der Waals surface area contributed by atoms with E-state index in [0.29, 0.717) is 16.8 Å². The normalized spacial score (nSPS) is 23.3. The van der Waals surface area contributed by atoms with Crippen molar-refractivity contribution in [3.05, 3.63) is 10.6 Å². The zero-order valence-corrected chi connectivity index (χ0v) is 11.9. The molecule has 4 nitrogen and oxygen atoms in total. The third kappa shape index (κ3) is 2.23. The fraction of sp³-hybridized carbons (Fsp3) is 0.667. The van der Waals surface area contributed by atoms with E-state index in [9.17, 15) is 9.90 Å². The Morgan fingerprint density at radius 1 is 1.44 bits per heavy atom. The van der Waals surface area contributed by atoms with Crippen molar-refractivity contribution < 1.29 is 9.90 Å². The number of hydrogen-bond acceptors (Lipinski definition) is 5. The molecule has 18 heavy (non-hydrogen) atoms. The predicted octanol–water partition coefficient (Wildman–Crippen LogP) is 2.66. The number of hydrogen-bond donors (Lipinski definition) is 1. The molecule has 1 aliphatic heterocycles. The van der Waals surface area contributed by atoms with Crippen LogP contribution in [-0.2, 0) is 0 Å². The van der Waals surface area contributed by atoms with Crippen LogP contribution in [0.4, 0.5) is 5.13 Å². The van der Waals surface area contributed by atoms with Gasteiger partial charge in [-0.3, -0.25) is 0 Å². The Balaban J connectivity index is 1.87. The largest absolute Gasteiger partial charge is 0.477 e. The number of aromatic carboxylic acids is 1. The second-order valence-electron chi connectivity index (χ2n) is 4.92. The lowest BCUT2D eigenvalue weighted by Crippen LogP contribution is -2.31. The van der Waals surface area contributed by atoms with Gasteiger partial charge in [-0.05, 0) is 25.0 Å². The molecule has 2 fully saturated rings. The molecule has 0 radical (unpaired) electrons. The summed E-state index contributed by atoms with van der Waals surface area (Å²) in [7, 11) is 2.04. The number of carbonyl (C=O) groups is 1. The van der Waals surface area contributed by atoms with Crippen molar-refractivity contribution in [2.45, 2.75) is 31.2 Å². The Hall–Kier alpha value is -0.750. The highest BCUT2D eigenvalue weighted by atomic mass is 32.2. The van der Waals surface area contributed by atoms with Crippen molar-refractivity contribution in [1.29, 1.82) is 0 Å². The average molecular weight is 284 g/mol. The van der Waals surface area contributed by atoms with Gasteiger partial charge in [-0.1, -0.05) is 11.3 Å². The van der Waals surface area contributed by atoms with Crippen LogP contribution in [0, 0.1) is 0 Å². The molecular weight excluding hydrogens is 268 g/mol. The van der Waals surface area contributed by atoms with Crippen molar-refractivity contribution in [1.82, 2.24) is 4.98 Å². The summed E-state index contributed by atoms with van der Waals surface area (Å²) in [6.45, 7) is 0. The highest BCUT2D eigenvalue weighted by Gasteiger charge is 2.33. The van der Waals surface area contributed by atoms with Gasteiger partial charge in [0.15, 0.2) is 5.13 Å². The van der Waals surface area contributed by atoms with E-state index in [1.807, 2.05) is 18.8 Å². The first kappa shape index (κ1) is 12.3. The van der Waals surface area contributed by atoms with Gasteiger partial charge in [0, 0.05) is 24.8 Å². The summed E-state index contributed by atoms with van der Waals surface area (Å²) < 4.78 is 0. The standard InChI is InChI=1S/C12H16N2O2S2/c1-14(8-4-5-17-6-8)12-13-9(7-2-3-7)10(18-12)11(15)16/h7-8H,2-6H2,1H3,(H,15,16). The van der Waals surface area contributed by atoms with Crippen molar-refractivity contribution in [2.75, 3.05) is 23.5 Å². The molecule has 0 bridgehead atoms. The maximum absolute atomic E-state index is 11.3. The molecule has 1 aromatic heterocycles. The summed E-state index contributed by atoms with van der Waals surface area (Å²) in [5.41, 5.74) is 0.819. The maximum atomic E-state index is 11.3. The molecule has 1 saturated carbocycles. The summed E-state index contributed by atoms with van der Waals surface area (Å²) in [6.07, 6.45) is 3.35. The van der Waals surface area contributed by atoms with E-state index in [4.69, 9.17) is 0 Å². The smallest absolute Gasteiger partial charge is 0.347 e. The van der Waals surface area contributed by atoms with Crippen LogP contribution in [0.25, 0.3) is 0 Å². The molecule has 98 valence electrons. The zero-order valence-electron chi connectivity index (χ0n) is 10.3. The van der Waals surface area contributed by atoms with Crippen LogP contribution in [0.1, 0.15) is 40.5 Å². The molecule has 6 heteroatoms. The van der Waals surface area contributed by atoms with Gasteiger partial charge < -0.3 is 10.0 Å². The molecule has 1 N–H and O–H groups in total. The molecule has 2 aliphatic rings. The summed E-state index contributed by atoms with van der Waals surface area (Å²) in [5, 5.41) is 10.1. The van der Waals surface area contributed by atoms with Crippen LogP contribution >= 0.6 is 23.1 Å². The van der Waals surface area contributed by atoms with Gasteiger partial charge in [0.05, 0.1) is 5.69 Å². The first-order valence-electron chi connectivity index (χ1n) is 6.21. The number of carboxylic acid groups (broad SMARTS) is 1. The number of anilines is 1. The molecule has 1 aromatic rings. The monoisotopic (exact) mass is 284 g/mol. The number of aromatic nitrogens is 1. The molecule has 1 atom stereocenters. The third-order valence-electron chi connectivity index (χ3n) is 3.56. The van der Waals surface area contributed by atoms with Gasteiger partial charge >= 0.3 is 5.97 Å². The minimum absolute atomic E-state index is 0.396. The second-order valence-corrected chi connectivity index (χ2v) is 7.05. The van der Waals surface area contributed by atoms with E-state index < -0.39 is 5.97 Å². The topological polar surface area (TPSA) is 53.4 Å². The zero-order chi connectivity index (χ0) is 12.7. The fourth-order valence-electron chi connectivity index (χ4n) is 2.24. The maximum Gasteiger partial charge on any atom is 0.347 e. The van der Waals surface area contributed by atoms with Gasteiger partial charge in [0.1, 0.15) is 4.88 Å². The minimum Gasteiger partial charge on any atom is -0.477 e. The van der Waals surface area contributed by atoms with E-state index in [1.165, 1.54) is 23.5 Å². The Kier molecular flexibility index (Phi) is 3.23. The summed E-state index contributed by atoms with van der Waals surface area (Å²) >= 11 is 3.30. The predicted molar refractivity (Wildman–Crippen MR) is 75.2 cm³/mol. The van der Waals surface area contributed by atoms with Crippen LogP contribution in [-0.4, -0.2) is 40.7 Å². The lowest BCUT2D eigenvalue weighted by Gasteiger charge is -2.22. The van der Waals surface area contributed by atoms with E-state index >= 15 is 0 Å². The number of nitrogens with zero attached hydrogens (tertiary/aromatic N) is 2. The third-order valence-corrected chi connectivity index (χ3v) is 5.85. The second kappa shape index (κ2) is 4.74. The van der Waals surface area contributed by atoms with Gasteiger partial charge in [-0.2, -0.15) is 11.8 Å². The highest BCUT2D eigenvalue weighted by Crippen LogP contribution is 2.44. The average Bonchev–Trinajstić information content (AvgIpc) is 2.91. The van der Waals surface area contributed by atoms with E-state index in [-0.39, 0.29) is 0 Å². The Labute approximate surface area is 114 Å². The van der Waals surface area contributed by atoms with E-state index in [1.54, 1.807) is 0 Å². The SMILES string of the molecule is CN(c1nc(C2CC2)c(C(=O)O)s1)C1CCSC1. The Morgan fingerprint density at radius 2 is 2.22 bits per heavy atom. The quantitative estimate of drug-likeness (QED) is 0.921. The van der Waals surface area contributed by atoms with Crippen molar-refractivity contribution in [3.63, 3.8) is 0 Å². The van der Waals surface area contributed by atoms with E-state index in [0.717, 1.165) is 29.4 Å². The van der Waals surface area contributed by atoms with Crippen LogP contribution in [0.2, 0.25) is 0 Å². The number of rotatable bonds is 4. The number of carboxylic acids is 1. The molecular formula is C12H16N2O2S2. The number of thiazole rings is 1. The van der Waals surface area contributed by atoms with Crippen LogP contribution in [0.15, 0.2) is 0 Å². The van der Waals surface area contributed by atoms with Crippen LogP contribution < -0.4 is 4.90 Å². The van der Waals surface area contributed by atoms with Crippen molar-refractivity contribution >= 4 is 34.2 Å². The Morgan fingerprint density at radius 3 is 2.78 bits per heavy atom. The lowest BCUT2D eigenvalue weighted by atomic mass is 10.2. The van der Waals surface area contributed by atoms with Crippen LogP contribution in [0.5, 0.6) is 0 Å². The highest BCUT2D eigenvalue weighted by molar-refractivity contribution is 7.99. The van der Waals surface area contributed by atoms with Gasteiger partial charge in [0.2, 0.25) is 0 Å². The fourth-order valence-corrected chi connectivity index (χ4v) is 4.53. The molecule has 0 spiro atoms. The molecule has 1 saturated heterocycles. The van der Waals surface area contributed by atoms with Gasteiger partial charge in [-0.15, -0.1) is 0 Å². The van der Waals surface area contributed by atoms with Gasteiger partial charge in [-0.25, -0.2) is 9.78 Å². The van der Waals surface area contributed by atoms with Crippen molar-refractivity contribution in [2.24, 2.45) is 0 Å². The molecule has 2 heterocycles. The minimum atomic E-state index is -0.824. The molecule has 1 unspecified atom stereocenters. The Bertz CT molecular complexity index is 465.